The predicted molar refractivity (Wildman–Crippen MR) is 103 cm³/mol. The number of benzene rings is 1. The van der Waals surface area contributed by atoms with Crippen LogP contribution in [0.25, 0.3) is 5.69 Å². The third-order valence-corrected chi connectivity index (χ3v) is 4.69. The molecule has 1 fully saturated rings. The number of nitrogens with one attached hydrogen (secondary N) is 1. The van der Waals surface area contributed by atoms with Crippen molar-refractivity contribution in [2.75, 3.05) is 19.6 Å². The first-order chi connectivity index (χ1) is 13.0. The maximum absolute atomic E-state index is 13.2. The van der Waals surface area contributed by atoms with Crippen molar-refractivity contribution in [2.24, 2.45) is 7.05 Å². The maximum Gasteiger partial charge on any atom is 0.294 e. The normalized spacial score (nSPS) is 16.7. The number of carbonyl (C=O) groups excluding carboxylic acids is 1. The summed E-state index contributed by atoms with van der Waals surface area (Å²) >= 11 is 0. The number of nitrogens with zero attached hydrogens (tertiary/aromatic N) is 6. The molecule has 1 unspecified atom stereocenters. The van der Waals surface area contributed by atoms with Crippen molar-refractivity contribution in [3.63, 3.8) is 0 Å². The Morgan fingerprint density at radius 1 is 1.29 bits per heavy atom. The molecule has 1 N–H and O–H groups in total. The smallest absolute Gasteiger partial charge is 0.294 e. The van der Waals surface area contributed by atoms with E-state index in [-0.39, 0.29) is 36.0 Å². The third-order valence-electron chi connectivity index (χ3n) is 4.69. The Balaban J connectivity index is 0.00000225. The minimum absolute atomic E-state index is 0. The molecule has 3 aromatic rings. The van der Waals surface area contributed by atoms with Crippen LogP contribution in [-0.2, 0) is 7.05 Å². The largest absolute Gasteiger partial charge is 0.336 e. The highest BCUT2D eigenvalue weighted by molar-refractivity contribution is 5.91. The predicted octanol–water partition coefficient (Wildman–Crippen LogP) is 1.66. The van der Waals surface area contributed by atoms with Gasteiger partial charge in [-0.2, -0.15) is 0 Å². The molecule has 28 heavy (non-hydrogen) atoms. The summed E-state index contributed by atoms with van der Waals surface area (Å²) in [4.78, 5) is 23.6. The van der Waals surface area contributed by atoms with Gasteiger partial charge >= 0.3 is 0 Å². The lowest BCUT2D eigenvalue weighted by atomic mass is 10.1. The van der Waals surface area contributed by atoms with Crippen molar-refractivity contribution < 1.29 is 9.18 Å². The number of rotatable bonds is 3. The van der Waals surface area contributed by atoms with Gasteiger partial charge in [0.05, 0.1) is 5.69 Å². The van der Waals surface area contributed by atoms with Crippen LogP contribution in [0.3, 0.4) is 0 Å². The summed E-state index contributed by atoms with van der Waals surface area (Å²) in [5.74, 6) is 0.928. The molecule has 3 heterocycles. The van der Waals surface area contributed by atoms with Gasteiger partial charge in [-0.25, -0.2) is 19.0 Å². The van der Waals surface area contributed by atoms with E-state index in [9.17, 15) is 9.18 Å². The minimum atomic E-state index is -0.327. The van der Waals surface area contributed by atoms with Gasteiger partial charge in [0.25, 0.3) is 5.91 Å². The molecule has 1 saturated heterocycles. The van der Waals surface area contributed by atoms with E-state index in [4.69, 9.17) is 0 Å². The van der Waals surface area contributed by atoms with Crippen LogP contribution in [0.2, 0.25) is 0 Å². The lowest BCUT2D eigenvalue weighted by Crippen LogP contribution is -2.49. The topological polar surface area (TPSA) is 80.9 Å². The molecule has 1 aromatic carbocycles. The number of aromatic nitrogens is 5. The fraction of sp³-hybridized carbons (Fsp3) is 0.333. The second-order valence-electron chi connectivity index (χ2n) is 6.49. The van der Waals surface area contributed by atoms with Crippen LogP contribution in [0.5, 0.6) is 0 Å². The van der Waals surface area contributed by atoms with Crippen LogP contribution in [0.1, 0.15) is 28.3 Å². The van der Waals surface area contributed by atoms with Gasteiger partial charge in [-0.1, -0.05) is 0 Å². The van der Waals surface area contributed by atoms with E-state index in [1.807, 2.05) is 17.8 Å². The number of aryl methyl sites for hydroxylation is 2. The van der Waals surface area contributed by atoms with Crippen LogP contribution in [0.15, 0.2) is 36.7 Å². The lowest BCUT2D eigenvalue weighted by Gasteiger charge is -2.35. The first-order valence-corrected chi connectivity index (χ1v) is 8.73. The molecule has 0 radical (unpaired) electrons. The Labute approximate surface area is 167 Å². The van der Waals surface area contributed by atoms with Gasteiger partial charge in [-0.15, -0.1) is 17.5 Å². The van der Waals surface area contributed by atoms with Crippen LogP contribution >= 0.6 is 12.4 Å². The summed E-state index contributed by atoms with van der Waals surface area (Å²) in [6.45, 7) is 3.63. The number of halogens is 2. The van der Waals surface area contributed by atoms with Crippen molar-refractivity contribution in [1.29, 1.82) is 0 Å². The fourth-order valence-electron chi connectivity index (χ4n) is 3.31. The van der Waals surface area contributed by atoms with Gasteiger partial charge in [0.1, 0.15) is 23.5 Å². The van der Waals surface area contributed by atoms with Crippen molar-refractivity contribution in [2.45, 2.75) is 13.0 Å². The van der Waals surface area contributed by atoms with E-state index in [2.05, 4.69) is 20.4 Å². The summed E-state index contributed by atoms with van der Waals surface area (Å²) < 4.78 is 16.6. The van der Waals surface area contributed by atoms with E-state index in [1.165, 1.54) is 12.1 Å². The zero-order valence-electron chi connectivity index (χ0n) is 15.5. The summed E-state index contributed by atoms with van der Waals surface area (Å²) in [6, 6.07) is 5.72. The van der Waals surface area contributed by atoms with Crippen LogP contribution in [0, 0.1) is 12.7 Å². The molecule has 0 spiro atoms. The first-order valence-electron chi connectivity index (χ1n) is 8.73. The molecule has 4 rings (SSSR count). The maximum atomic E-state index is 13.2. The second-order valence-corrected chi connectivity index (χ2v) is 6.49. The molecule has 0 aliphatic carbocycles. The average Bonchev–Trinajstić information content (AvgIpc) is 3.27. The van der Waals surface area contributed by atoms with Crippen LogP contribution in [0.4, 0.5) is 4.39 Å². The van der Waals surface area contributed by atoms with Gasteiger partial charge in [0.15, 0.2) is 0 Å². The molecule has 0 bridgehead atoms. The van der Waals surface area contributed by atoms with E-state index >= 15 is 0 Å². The Morgan fingerprint density at radius 2 is 2.04 bits per heavy atom. The summed E-state index contributed by atoms with van der Waals surface area (Å²) in [7, 11) is 1.91. The quantitative estimate of drug-likeness (QED) is 0.716. The summed E-state index contributed by atoms with van der Waals surface area (Å²) in [5.41, 5.74) is 0.654. The van der Waals surface area contributed by atoms with E-state index < -0.39 is 0 Å². The number of hydrogen-bond acceptors (Lipinski definition) is 5. The molecule has 0 saturated carbocycles. The van der Waals surface area contributed by atoms with E-state index in [0.29, 0.717) is 31.1 Å². The molecule has 1 amide bonds. The molecule has 1 atom stereocenters. The Kier molecular flexibility index (Phi) is 5.76. The molecule has 148 valence electrons. The van der Waals surface area contributed by atoms with E-state index in [0.717, 1.165) is 5.82 Å². The number of amides is 1. The van der Waals surface area contributed by atoms with Crippen molar-refractivity contribution >= 4 is 18.3 Å². The third kappa shape index (κ3) is 3.63. The van der Waals surface area contributed by atoms with Crippen molar-refractivity contribution in [1.82, 2.24) is 34.5 Å². The minimum Gasteiger partial charge on any atom is -0.336 e. The molecule has 2 aromatic heterocycles. The summed E-state index contributed by atoms with van der Waals surface area (Å²) in [5, 5.41) is 7.67. The van der Waals surface area contributed by atoms with Gasteiger partial charge in [-0.3, -0.25) is 4.79 Å². The monoisotopic (exact) mass is 405 g/mol. The molecule has 1 aliphatic rings. The zero-order chi connectivity index (χ0) is 19.0. The van der Waals surface area contributed by atoms with Crippen LogP contribution in [-0.4, -0.2) is 54.8 Å². The SMILES string of the molecule is Cc1nc(C(=O)N2CCNCC2c2nccn2C)nn1-c1ccc(F)cc1.Cl. The highest BCUT2D eigenvalue weighted by Crippen LogP contribution is 2.22. The molecule has 10 heteroatoms. The first kappa shape index (κ1) is 20.0. The fourth-order valence-corrected chi connectivity index (χ4v) is 3.31. The summed E-state index contributed by atoms with van der Waals surface area (Å²) in [6.07, 6.45) is 3.58. The average molecular weight is 406 g/mol. The Bertz CT molecular complexity index is 969. The number of imidazole rings is 1. The van der Waals surface area contributed by atoms with Gasteiger partial charge in [0.2, 0.25) is 5.82 Å². The lowest BCUT2D eigenvalue weighted by molar-refractivity contribution is 0.0608. The number of carbonyl (C=O) groups is 1. The van der Waals surface area contributed by atoms with Gasteiger partial charge in [0, 0.05) is 39.1 Å². The molecular formula is C18H21ClFN7O. The Morgan fingerprint density at radius 3 is 2.71 bits per heavy atom. The molecule has 1 aliphatic heterocycles. The van der Waals surface area contributed by atoms with Gasteiger partial charge < -0.3 is 14.8 Å². The highest BCUT2D eigenvalue weighted by Gasteiger charge is 2.33. The van der Waals surface area contributed by atoms with Crippen molar-refractivity contribution in [3.8, 4) is 5.69 Å². The number of hydrogen-bond donors (Lipinski definition) is 1. The Hall–Kier alpha value is -2.78. The standard InChI is InChI=1S/C18H20FN7O.ClH/c1-12-22-16(23-26(12)14-5-3-13(19)4-6-14)18(27)25-10-7-20-11-15(25)17-21-8-9-24(17)2;/h3-6,8-9,15,20H,7,10-11H2,1-2H3;1H. The van der Waals surface area contributed by atoms with Crippen molar-refractivity contribution in [3.05, 3.63) is 59.9 Å². The second kappa shape index (κ2) is 8.07. The molecular weight excluding hydrogens is 385 g/mol. The molecule has 8 nitrogen and oxygen atoms in total. The van der Waals surface area contributed by atoms with Gasteiger partial charge in [-0.05, 0) is 31.2 Å². The van der Waals surface area contributed by atoms with E-state index in [1.54, 1.807) is 34.8 Å². The zero-order valence-corrected chi connectivity index (χ0v) is 16.4. The number of piperazine rings is 1. The highest BCUT2D eigenvalue weighted by atomic mass is 35.5. The van der Waals surface area contributed by atoms with Crippen LogP contribution < -0.4 is 5.32 Å².